The first-order valence-electron chi connectivity index (χ1n) is 9.21. The normalized spacial score (nSPS) is 21.3. The Labute approximate surface area is 170 Å². The van der Waals surface area contributed by atoms with E-state index in [0.717, 1.165) is 0 Å². The minimum absolute atomic E-state index is 0.143. The summed E-state index contributed by atoms with van der Waals surface area (Å²) >= 11 is 0. The van der Waals surface area contributed by atoms with E-state index >= 15 is 0 Å². The van der Waals surface area contributed by atoms with Gasteiger partial charge in [0.1, 0.15) is 19.1 Å². The van der Waals surface area contributed by atoms with Gasteiger partial charge in [-0.25, -0.2) is 4.79 Å². The third-order valence-electron chi connectivity index (χ3n) is 4.89. The van der Waals surface area contributed by atoms with Crippen molar-refractivity contribution in [3.8, 4) is 0 Å². The molecule has 0 aliphatic carbocycles. The van der Waals surface area contributed by atoms with Crippen LogP contribution in [0.2, 0.25) is 0 Å². The average molecular weight is 423 g/mol. The van der Waals surface area contributed by atoms with Crippen LogP contribution >= 0.6 is 0 Å². The summed E-state index contributed by atoms with van der Waals surface area (Å²) in [5.41, 5.74) is -2.56. The molecule has 2 aromatic rings. The monoisotopic (exact) mass is 423 g/mol. The molecular formula is C21H20F3NO5. The van der Waals surface area contributed by atoms with Crippen LogP contribution in [-0.4, -0.2) is 40.5 Å². The van der Waals surface area contributed by atoms with E-state index in [4.69, 9.17) is 9.47 Å². The SMILES string of the molecule is O=C(OCc1ccccc1)C1CCN(C(=O)OCc2ccccc2)C1(O)C(F)(F)F. The number of hydrogen-bond donors (Lipinski definition) is 1. The largest absolute Gasteiger partial charge is 0.460 e. The van der Waals surface area contributed by atoms with Crippen LogP contribution in [0.4, 0.5) is 18.0 Å². The maximum absolute atomic E-state index is 13.8. The van der Waals surface area contributed by atoms with Gasteiger partial charge in [-0.2, -0.15) is 13.2 Å². The number of carbonyl (C=O) groups excluding carboxylic acids is 2. The molecule has 0 saturated carbocycles. The van der Waals surface area contributed by atoms with Crippen LogP contribution in [-0.2, 0) is 27.5 Å². The molecule has 1 amide bonds. The number of alkyl halides is 3. The zero-order valence-electron chi connectivity index (χ0n) is 15.8. The minimum Gasteiger partial charge on any atom is -0.460 e. The van der Waals surface area contributed by atoms with Gasteiger partial charge in [0, 0.05) is 6.54 Å². The quantitative estimate of drug-likeness (QED) is 0.744. The van der Waals surface area contributed by atoms with E-state index in [2.05, 4.69) is 0 Å². The molecule has 2 unspecified atom stereocenters. The average Bonchev–Trinajstić information content (AvgIpc) is 3.10. The lowest BCUT2D eigenvalue weighted by atomic mass is 9.96. The van der Waals surface area contributed by atoms with Gasteiger partial charge in [-0.15, -0.1) is 0 Å². The molecule has 0 radical (unpaired) electrons. The van der Waals surface area contributed by atoms with Crippen molar-refractivity contribution in [3.63, 3.8) is 0 Å². The molecule has 1 saturated heterocycles. The standard InChI is InChI=1S/C21H20F3NO5/c22-21(23,24)20(28)17(18(26)29-13-15-7-3-1-4-8-15)11-12-25(20)19(27)30-14-16-9-5-2-6-10-16/h1-10,17,28H,11-14H2. The van der Waals surface area contributed by atoms with Gasteiger partial charge in [0.15, 0.2) is 0 Å². The molecule has 1 aliphatic heterocycles. The summed E-state index contributed by atoms with van der Waals surface area (Å²) in [5, 5.41) is 10.5. The molecule has 0 aromatic heterocycles. The molecule has 0 bridgehead atoms. The Bertz CT molecular complexity index is 810. The Morgan fingerprint density at radius 1 is 0.967 bits per heavy atom. The Hall–Kier alpha value is -3.07. The number of esters is 1. The highest BCUT2D eigenvalue weighted by molar-refractivity contribution is 5.78. The summed E-state index contributed by atoms with van der Waals surface area (Å²) < 4.78 is 51.3. The van der Waals surface area contributed by atoms with Crippen LogP contribution in [0.15, 0.2) is 60.7 Å². The number of hydrogen-bond acceptors (Lipinski definition) is 5. The third-order valence-corrected chi connectivity index (χ3v) is 4.89. The minimum atomic E-state index is -5.29. The number of rotatable bonds is 5. The van der Waals surface area contributed by atoms with Crippen LogP contribution in [0.5, 0.6) is 0 Å². The fourth-order valence-electron chi connectivity index (χ4n) is 3.31. The van der Waals surface area contributed by atoms with Crippen molar-refractivity contribution in [2.24, 2.45) is 5.92 Å². The second-order valence-corrected chi connectivity index (χ2v) is 6.85. The topological polar surface area (TPSA) is 76.1 Å². The van der Waals surface area contributed by atoms with Crippen LogP contribution in [0.3, 0.4) is 0 Å². The van der Waals surface area contributed by atoms with Crippen molar-refractivity contribution in [2.45, 2.75) is 31.5 Å². The molecule has 1 aliphatic rings. The zero-order valence-corrected chi connectivity index (χ0v) is 15.8. The number of likely N-dealkylation sites (tertiary alicyclic amines) is 1. The van der Waals surface area contributed by atoms with Crippen molar-refractivity contribution in [3.05, 3.63) is 71.8 Å². The van der Waals surface area contributed by atoms with Gasteiger partial charge >= 0.3 is 18.2 Å². The van der Waals surface area contributed by atoms with Crippen molar-refractivity contribution in [1.29, 1.82) is 0 Å². The molecule has 3 rings (SSSR count). The highest BCUT2D eigenvalue weighted by Crippen LogP contribution is 2.46. The van der Waals surface area contributed by atoms with Crippen LogP contribution in [0.1, 0.15) is 17.5 Å². The van der Waals surface area contributed by atoms with Crippen molar-refractivity contribution < 1.29 is 37.3 Å². The zero-order chi connectivity index (χ0) is 21.8. The van der Waals surface area contributed by atoms with E-state index in [-0.39, 0.29) is 18.1 Å². The van der Waals surface area contributed by atoms with Gasteiger partial charge in [-0.3, -0.25) is 9.69 Å². The summed E-state index contributed by atoms with van der Waals surface area (Å²) in [6.45, 7) is -1.02. The maximum Gasteiger partial charge on any atom is 0.437 e. The van der Waals surface area contributed by atoms with Gasteiger partial charge in [-0.1, -0.05) is 60.7 Å². The molecule has 1 heterocycles. The Morgan fingerprint density at radius 2 is 1.47 bits per heavy atom. The van der Waals surface area contributed by atoms with E-state index in [1.807, 2.05) is 0 Å². The Balaban J connectivity index is 1.72. The lowest BCUT2D eigenvalue weighted by Crippen LogP contribution is -2.62. The van der Waals surface area contributed by atoms with E-state index in [9.17, 15) is 27.9 Å². The predicted molar refractivity (Wildman–Crippen MR) is 98.7 cm³/mol. The first-order chi connectivity index (χ1) is 14.2. The van der Waals surface area contributed by atoms with Gasteiger partial charge in [-0.05, 0) is 17.5 Å². The Morgan fingerprint density at radius 3 is 1.97 bits per heavy atom. The van der Waals surface area contributed by atoms with Gasteiger partial charge in [0.2, 0.25) is 0 Å². The van der Waals surface area contributed by atoms with Gasteiger partial charge in [0.05, 0.1) is 0 Å². The first-order valence-corrected chi connectivity index (χ1v) is 9.21. The molecule has 160 valence electrons. The summed E-state index contributed by atoms with van der Waals surface area (Å²) in [6.07, 6.45) is -7.06. The second-order valence-electron chi connectivity index (χ2n) is 6.85. The molecule has 1 fully saturated rings. The summed E-state index contributed by atoms with van der Waals surface area (Å²) in [4.78, 5) is 24.8. The third kappa shape index (κ3) is 4.40. The molecule has 9 heteroatoms. The first kappa shape index (κ1) is 21.6. The predicted octanol–water partition coefficient (Wildman–Crippen LogP) is 3.64. The molecule has 1 N–H and O–H groups in total. The van der Waals surface area contributed by atoms with Crippen molar-refractivity contribution >= 4 is 12.1 Å². The number of amides is 1. The summed E-state index contributed by atoms with van der Waals surface area (Å²) in [6, 6.07) is 16.8. The summed E-state index contributed by atoms with van der Waals surface area (Å²) in [5.74, 6) is -3.22. The van der Waals surface area contributed by atoms with Crippen LogP contribution in [0.25, 0.3) is 0 Å². The maximum atomic E-state index is 13.8. The van der Waals surface area contributed by atoms with Gasteiger partial charge in [0.25, 0.3) is 5.72 Å². The summed E-state index contributed by atoms with van der Waals surface area (Å²) in [7, 11) is 0. The smallest absolute Gasteiger partial charge is 0.437 e. The molecule has 2 aromatic carbocycles. The number of nitrogens with zero attached hydrogens (tertiary/aromatic N) is 1. The van der Waals surface area contributed by atoms with E-state index < -0.39 is 42.8 Å². The number of aliphatic hydroxyl groups is 1. The molecule has 30 heavy (non-hydrogen) atoms. The molecule has 0 spiro atoms. The van der Waals surface area contributed by atoms with E-state index in [1.165, 1.54) is 0 Å². The fourth-order valence-corrected chi connectivity index (χ4v) is 3.31. The fraction of sp³-hybridized carbons (Fsp3) is 0.333. The number of carbonyl (C=O) groups is 2. The highest BCUT2D eigenvalue weighted by atomic mass is 19.4. The molecule has 6 nitrogen and oxygen atoms in total. The lowest BCUT2D eigenvalue weighted by molar-refractivity contribution is -0.311. The van der Waals surface area contributed by atoms with Crippen LogP contribution < -0.4 is 0 Å². The number of ether oxygens (including phenoxy) is 2. The van der Waals surface area contributed by atoms with Crippen molar-refractivity contribution in [1.82, 2.24) is 4.90 Å². The second kappa shape index (κ2) is 8.74. The molecule has 2 atom stereocenters. The Kier molecular flexibility index (Phi) is 6.31. The number of halogens is 3. The highest BCUT2D eigenvalue weighted by Gasteiger charge is 2.69. The van der Waals surface area contributed by atoms with Crippen molar-refractivity contribution in [2.75, 3.05) is 6.54 Å². The lowest BCUT2D eigenvalue weighted by Gasteiger charge is -2.37. The molecular weight excluding hydrogens is 403 g/mol. The number of benzene rings is 2. The van der Waals surface area contributed by atoms with E-state index in [0.29, 0.717) is 11.1 Å². The van der Waals surface area contributed by atoms with E-state index in [1.54, 1.807) is 60.7 Å². The van der Waals surface area contributed by atoms with Gasteiger partial charge < -0.3 is 14.6 Å². The van der Waals surface area contributed by atoms with Crippen LogP contribution in [0, 0.1) is 5.92 Å².